The van der Waals surface area contributed by atoms with E-state index in [0.717, 1.165) is 44.7 Å². The van der Waals surface area contributed by atoms with Gasteiger partial charge in [0, 0.05) is 38.8 Å². The Morgan fingerprint density at radius 2 is 2.00 bits per heavy atom. The molecule has 1 amide bonds. The van der Waals surface area contributed by atoms with Gasteiger partial charge in [-0.05, 0) is 31.5 Å². The molecule has 1 aromatic carbocycles. The molecule has 0 saturated carbocycles. The van der Waals surface area contributed by atoms with Crippen molar-refractivity contribution in [1.29, 1.82) is 0 Å². The van der Waals surface area contributed by atoms with Gasteiger partial charge in [0.1, 0.15) is 11.5 Å². The largest absolute Gasteiger partial charge is 0.493 e. The lowest BCUT2D eigenvalue weighted by Gasteiger charge is -2.26. The van der Waals surface area contributed by atoms with Gasteiger partial charge >= 0.3 is 0 Å². The number of fused-ring (bicyclic) bond motifs is 1. The van der Waals surface area contributed by atoms with E-state index in [2.05, 4.69) is 27.2 Å². The van der Waals surface area contributed by atoms with Gasteiger partial charge in [-0.2, -0.15) is 10.1 Å². The van der Waals surface area contributed by atoms with Crippen LogP contribution in [0.1, 0.15) is 42.6 Å². The summed E-state index contributed by atoms with van der Waals surface area (Å²) in [6, 6.07) is 4.72. The van der Waals surface area contributed by atoms with E-state index in [1.54, 1.807) is 30.3 Å². The van der Waals surface area contributed by atoms with Crippen molar-refractivity contribution in [2.45, 2.75) is 32.7 Å². The number of amidine groups is 1. The van der Waals surface area contributed by atoms with E-state index in [0.29, 0.717) is 35.7 Å². The number of hydrogen-bond acceptors (Lipinski definition) is 8. The first kappa shape index (κ1) is 22.3. The van der Waals surface area contributed by atoms with Crippen LogP contribution in [-0.2, 0) is 4.79 Å². The molecule has 3 aliphatic heterocycles. The van der Waals surface area contributed by atoms with Gasteiger partial charge in [-0.3, -0.25) is 19.5 Å². The minimum Gasteiger partial charge on any atom is -0.493 e. The number of benzene rings is 1. The molecule has 9 nitrogen and oxygen atoms in total. The molecule has 32 heavy (non-hydrogen) atoms. The highest BCUT2D eigenvalue weighted by atomic mass is 16.5. The van der Waals surface area contributed by atoms with E-state index in [9.17, 15) is 9.59 Å². The quantitative estimate of drug-likeness (QED) is 0.616. The average molecular weight is 439 g/mol. The Labute approximate surface area is 188 Å². The smallest absolute Gasteiger partial charge is 0.278 e. The fourth-order valence-electron chi connectivity index (χ4n) is 4.20. The molecule has 1 atom stereocenters. The van der Waals surface area contributed by atoms with Crippen molar-refractivity contribution in [3.05, 3.63) is 29.3 Å². The molecule has 4 rings (SSSR count). The Bertz CT molecular complexity index is 993. The van der Waals surface area contributed by atoms with Gasteiger partial charge in [-0.1, -0.05) is 13.3 Å². The molecule has 0 bridgehead atoms. The molecule has 3 heterocycles. The predicted molar refractivity (Wildman–Crippen MR) is 124 cm³/mol. The summed E-state index contributed by atoms with van der Waals surface area (Å²) in [5.41, 5.74) is 2.57. The zero-order valence-electron chi connectivity index (χ0n) is 18.9. The highest BCUT2D eigenvalue weighted by Crippen LogP contribution is 2.27. The van der Waals surface area contributed by atoms with Gasteiger partial charge in [-0.15, -0.1) is 0 Å². The molecule has 0 spiro atoms. The van der Waals surface area contributed by atoms with Crippen LogP contribution in [0.15, 0.2) is 33.3 Å². The van der Waals surface area contributed by atoms with E-state index < -0.39 is 6.04 Å². The number of ether oxygens (including phenoxy) is 1. The third-order valence-electron chi connectivity index (χ3n) is 5.79. The van der Waals surface area contributed by atoms with E-state index in [-0.39, 0.29) is 17.5 Å². The maximum absolute atomic E-state index is 13.0. The number of piperazine rings is 1. The number of carbonyl (C=O) groups excluding carboxylic acids is 2. The molecule has 1 fully saturated rings. The first-order valence-corrected chi connectivity index (χ1v) is 11.3. The molecular formula is C23H30N6O3. The minimum atomic E-state index is -0.576. The second-order valence-corrected chi connectivity index (χ2v) is 8.14. The van der Waals surface area contributed by atoms with Crippen molar-refractivity contribution in [2.24, 2.45) is 15.1 Å². The van der Waals surface area contributed by atoms with Gasteiger partial charge in [0.05, 0.1) is 24.4 Å². The summed E-state index contributed by atoms with van der Waals surface area (Å²) in [7, 11) is 1.77. The number of carbonyl (C=O) groups is 2. The number of Topliss-reactive ketones (excluding diaryl/α,β-unsaturated/α-hetero) is 1. The second-order valence-electron chi connectivity index (χ2n) is 8.14. The summed E-state index contributed by atoms with van der Waals surface area (Å²) in [4.78, 5) is 37.0. The molecule has 1 N–H and O–H groups in total. The van der Waals surface area contributed by atoms with Crippen molar-refractivity contribution in [3.8, 4) is 5.75 Å². The van der Waals surface area contributed by atoms with Crippen LogP contribution in [0, 0.1) is 0 Å². The van der Waals surface area contributed by atoms with Crippen LogP contribution in [0.3, 0.4) is 0 Å². The Kier molecular flexibility index (Phi) is 6.76. The lowest BCUT2D eigenvalue weighted by molar-refractivity contribution is -0.120. The van der Waals surface area contributed by atoms with E-state index >= 15 is 0 Å². The van der Waals surface area contributed by atoms with Crippen LogP contribution >= 0.6 is 0 Å². The number of nitrogens with one attached hydrogen (secondary N) is 1. The summed E-state index contributed by atoms with van der Waals surface area (Å²) in [5.74, 6) is 0.558. The number of rotatable bonds is 8. The Morgan fingerprint density at radius 1 is 1.22 bits per heavy atom. The Hall–Kier alpha value is -2.91. The highest BCUT2D eigenvalue weighted by molar-refractivity contribution is 6.52. The number of hydrogen-bond donors (Lipinski definition) is 1. The van der Waals surface area contributed by atoms with Gasteiger partial charge in [0.25, 0.3) is 5.91 Å². The monoisotopic (exact) mass is 438 g/mol. The topological polar surface area (TPSA) is 99.0 Å². The fourth-order valence-corrected chi connectivity index (χ4v) is 4.20. The number of nitrogens with zero attached hydrogens (tertiary/aromatic N) is 5. The van der Waals surface area contributed by atoms with Crippen LogP contribution in [0.4, 0.5) is 0 Å². The molecule has 3 aliphatic rings. The summed E-state index contributed by atoms with van der Waals surface area (Å²) >= 11 is 0. The molecule has 0 aromatic heterocycles. The Morgan fingerprint density at radius 3 is 2.72 bits per heavy atom. The summed E-state index contributed by atoms with van der Waals surface area (Å²) < 4.78 is 5.78. The van der Waals surface area contributed by atoms with Gasteiger partial charge in [0.2, 0.25) is 0 Å². The van der Waals surface area contributed by atoms with Crippen LogP contribution in [0.5, 0.6) is 5.75 Å². The van der Waals surface area contributed by atoms with Crippen LogP contribution in [0.25, 0.3) is 0 Å². The highest BCUT2D eigenvalue weighted by Gasteiger charge is 2.40. The number of amides is 1. The van der Waals surface area contributed by atoms with Crippen molar-refractivity contribution in [1.82, 2.24) is 15.2 Å². The number of likely N-dealkylation sites (N-methyl/N-ethyl adjacent to an activating group) is 1. The average Bonchev–Trinajstić information content (AvgIpc) is 3.10. The lowest BCUT2D eigenvalue weighted by Crippen LogP contribution is -2.45. The number of hydrazone groups is 1. The zero-order chi connectivity index (χ0) is 22.7. The third kappa shape index (κ3) is 4.49. The van der Waals surface area contributed by atoms with E-state index in [1.165, 1.54) is 0 Å². The molecule has 170 valence electrons. The lowest BCUT2D eigenvalue weighted by atomic mass is 10.0. The molecule has 1 aromatic rings. The maximum atomic E-state index is 13.0. The normalized spacial score (nSPS) is 21.1. The van der Waals surface area contributed by atoms with Gasteiger partial charge in [-0.25, -0.2) is 4.99 Å². The van der Waals surface area contributed by atoms with Crippen LogP contribution in [-0.4, -0.2) is 91.3 Å². The standard InChI is InChI=1S/C23H30N6O3/c1-4-6-17-20-21(28(3)27-17)23(31)26-22(25-20)16-13-15(7-8-19(16)32-5-2)18(30)14-29-11-9-24-10-12-29/h7-8,13,21,24H,4-6,9-12,14H2,1-3H3. The SMILES string of the molecule is CCCC1=NN(C)C2C(=O)N=C(c3cc(C(=O)CN4CCNCC4)ccc3OCC)N=C12. The number of ketones is 1. The summed E-state index contributed by atoms with van der Waals surface area (Å²) in [6.45, 7) is 8.22. The van der Waals surface area contributed by atoms with Crippen LogP contribution in [0.2, 0.25) is 0 Å². The molecule has 1 saturated heterocycles. The minimum absolute atomic E-state index is 0.0262. The van der Waals surface area contributed by atoms with Crippen LogP contribution < -0.4 is 10.1 Å². The van der Waals surface area contributed by atoms with Crippen molar-refractivity contribution >= 4 is 28.9 Å². The zero-order valence-corrected chi connectivity index (χ0v) is 18.9. The molecule has 9 heteroatoms. The third-order valence-corrected chi connectivity index (χ3v) is 5.79. The molecule has 0 radical (unpaired) electrons. The van der Waals surface area contributed by atoms with Crippen molar-refractivity contribution < 1.29 is 14.3 Å². The molecule has 1 unspecified atom stereocenters. The van der Waals surface area contributed by atoms with Gasteiger partial charge < -0.3 is 10.1 Å². The first-order valence-electron chi connectivity index (χ1n) is 11.3. The number of aliphatic imine (C=N–C) groups is 2. The summed E-state index contributed by atoms with van der Waals surface area (Å²) in [6.07, 6.45) is 1.64. The second kappa shape index (κ2) is 9.70. The van der Waals surface area contributed by atoms with Crippen molar-refractivity contribution in [2.75, 3.05) is 46.4 Å². The van der Waals surface area contributed by atoms with E-state index in [4.69, 9.17) is 9.73 Å². The summed E-state index contributed by atoms with van der Waals surface area (Å²) in [5, 5.41) is 9.42. The van der Waals surface area contributed by atoms with Gasteiger partial charge in [0.15, 0.2) is 17.7 Å². The fraction of sp³-hybridized carbons (Fsp3) is 0.522. The van der Waals surface area contributed by atoms with E-state index in [1.807, 2.05) is 6.92 Å². The Balaban J connectivity index is 1.67. The maximum Gasteiger partial charge on any atom is 0.278 e. The molecule has 0 aliphatic carbocycles. The first-order chi connectivity index (χ1) is 15.5. The van der Waals surface area contributed by atoms with Crippen molar-refractivity contribution in [3.63, 3.8) is 0 Å². The molecular weight excluding hydrogens is 408 g/mol. The predicted octanol–water partition coefficient (Wildman–Crippen LogP) is 1.37.